The minimum atomic E-state index is -1.83. The van der Waals surface area contributed by atoms with Gasteiger partial charge >= 0.3 is 6.16 Å². The van der Waals surface area contributed by atoms with Crippen LogP contribution in [-0.2, 0) is 0 Å². The molecule has 0 aliphatic heterocycles. The van der Waals surface area contributed by atoms with Crippen LogP contribution in [0.5, 0.6) is 5.75 Å². The van der Waals surface area contributed by atoms with Crippen LogP contribution in [0.4, 0.5) is 9.18 Å². The smallest absolute Gasteiger partial charge is 0.494 e. The maximum Gasteiger partial charge on any atom is 0.503 e. The fourth-order valence-corrected chi connectivity index (χ4v) is 0.777. The van der Waals surface area contributed by atoms with Crippen molar-refractivity contribution in [2.24, 2.45) is 0 Å². The Labute approximate surface area is 86.9 Å². The largest absolute Gasteiger partial charge is 0.503 e. The molecule has 1 rings (SSSR count). The van der Waals surface area contributed by atoms with E-state index in [1.165, 1.54) is 12.1 Å². The Morgan fingerprint density at radius 1 is 1.47 bits per heavy atom. The minimum Gasteiger partial charge on any atom is -0.494 e. The van der Waals surface area contributed by atoms with Gasteiger partial charge in [0.25, 0.3) is 0 Å². The fraction of sp³-hybridized carbons (Fsp3) is 0.300. The van der Waals surface area contributed by atoms with Crippen LogP contribution in [-0.4, -0.2) is 23.0 Å². The number of benzene rings is 1. The van der Waals surface area contributed by atoms with Crippen molar-refractivity contribution in [3.8, 4) is 5.75 Å². The van der Waals surface area contributed by atoms with Gasteiger partial charge < -0.3 is 14.9 Å². The molecule has 4 nitrogen and oxygen atoms in total. The van der Waals surface area contributed by atoms with Crippen molar-refractivity contribution in [2.75, 3.05) is 6.61 Å². The number of halogens is 1. The van der Waals surface area contributed by atoms with Crippen LogP contribution in [0.2, 0.25) is 0 Å². The van der Waals surface area contributed by atoms with E-state index < -0.39 is 6.16 Å². The SMILES string of the molecule is CCCOc1cccc(F)c1.O=C(O)O. The monoisotopic (exact) mass is 216 g/mol. The zero-order valence-electron chi connectivity index (χ0n) is 8.31. The Kier molecular flexibility index (Phi) is 6.70. The Hall–Kier alpha value is -1.78. The summed E-state index contributed by atoms with van der Waals surface area (Å²) in [6.45, 7) is 2.66. The Morgan fingerprint density at radius 3 is 2.53 bits per heavy atom. The third-order valence-corrected chi connectivity index (χ3v) is 1.27. The summed E-state index contributed by atoms with van der Waals surface area (Å²) < 4.78 is 17.7. The highest BCUT2D eigenvalue weighted by Gasteiger charge is 1.93. The number of rotatable bonds is 3. The molecule has 15 heavy (non-hydrogen) atoms. The zero-order valence-corrected chi connectivity index (χ0v) is 8.31. The summed E-state index contributed by atoms with van der Waals surface area (Å²) in [5, 5.41) is 13.9. The lowest BCUT2D eigenvalue weighted by molar-refractivity contribution is 0.137. The van der Waals surface area contributed by atoms with Gasteiger partial charge in [-0.2, -0.15) is 0 Å². The van der Waals surface area contributed by atoms with Gasteiger partial charge in [-0.25, -0.2) is 9.18 Å². The minimum absolute atomic E-state index is 0.251. The van der Waals surface area contributed by atoms with E-state index >= 15 is 0 Å². The van der Waals surface area contributed by atoms with Crippen LogP contribution in [0, 0.1) is 5.82 Å². The molecule has 84 valence electrons. The molecule has 0 fully saturated rings. The fourth-order valence-electron chi connectivity index (χ4n) is 0.777. The van der Waals surface area contributed by atoms with Crippen LogP contribution < -0.4 is 4.74 Å². The Morgan fingerprint density at radius 2 is 2.07 bits per heavy atom. The van der Waals surface area contributed by atoms with E-state index in [0.29, 0.717) is 12.4 Å². The third kappa shape index (κ3) is 8.55. The number of ether oxygens (including phenoxy) is 1. The van der Waals surface area contributed by atoms with Crippen molar-refractivity contribution in [1.82, 2.24) is 0 Å². The number of hydrogen-bond donors (Lipinski definition) is 2. The van der Waals surface area contributed by atoms with Crippen molar-refractivity contribution in [3.05, 3.63) is 30.1 Å². The molecular weight excluding hydrogens is 203 g/mol. The number of hydrogen-bond acceptors (Lipinski definition) is 2. The Bertz CT molecular complexity index is 297. The molecule has 0 aromatic heterocycles. The average molecular weight is 216 g/mol. The van der Waals surface area contributed by atoms with E-state index in [1.54, 1.807) is 12.1 Å². The van der Waals surface area contributed by atoms with Gasteiger partial charge in [-0.05, 0) is 18.6 Å². The third-order valence-electron chi connectivity index (χ3n) is 1.27. The molecule has 0 heterocycles. The molecule has 0 radical (unpaired) electrons. The lowest BCUT2D eigenvalue weighted by atomic mass is 10.3. The summed E-state index contributed by atoms with van der Waals surface area (Å²) in [6, 6.07) is 6.17. The molecule has 0 saturated carbocycles. The standard InChI is InChI=1S/C9H11FO.CH2O3/c1-2-6-11-9-5-3-4-8(10)7-9;2-1(3)4/h3-5,7H,2,6H2,1H3;(H2,2,3,4). The van der Waals surface area contributed by atoms with Gasteiger partial charge in [0.1, 0.15) is 11.6 Å². The molecular formula is C10H13FO4. The van der Waals surface area contributed by atoms with Crippen molar-refractivity contribution in [2.45, 2.75) is 13.3 Å². The summed E-state index contributed by atoms with van der Waals surface area (Å²) in [6.07, 6.45) is -0.892. The molecule has 2 N–H and O–H groups in total. The second-order valence-electron chi connectivity index (χ2n) is 2.59. The molecule has 1 aromatic carbocycles. The van der Waals surface area contributed by atoms with Crippen molar-refractivity contribution >= 4 is 6.16 Å². The highest BCUT2D eigenvalue weighted by atomic mass is 19.1. The average Bonchev–Trinajstić information content (AvgIpc) is 2.14. The van der Waals surface area contributed by atoms with E-state index in [0.717, 1.165) is 6.42 Å². The Balaban J connectivity index is 0.000000423. The van der Waals surface area contributed by atoms with Crippen LogP contribution in [0.3, 0.4) is 0 Å². The molecule has 0 spiro atoms. The van der Waals surface area contributed by atoms with Crippen molar-refractivity contribution < 1.29 is 24.1 Å². The van der Waals surface area contributed by atoms with Gasteiger partial charge in [0, 0.05) is 6.07 Å². The van der Waals surface area contributed by atoms with Gasteiger partial charge in [0.15, 0.2) is 0 Å². The first-order chi connectivity index (χ1) is 7.06. The van der Waals surface area contributed by atoms with Gasteiger partial charge in [-0.15, -0.1) is 0 Å². The molecule has 0 bridgehead atoms. The van der Waals surface area contributed by atoms with Gasteiger partial charge in [0.05, 0.1) is 6.61 Å². The molecule has 0 amide bonds. The van der Waals surface area contributed by atoms with Gasteiger partial charge in [0.2, 0.25) is 0 Å². The first-order valence-electron chi connectivity index (χ1n) is 4.36. The van der Waals surface area contributed by atoms with E-state index in [-0.39, 0.29) is 5.82 Å². The quantitative estimate of drug-likeness (QED) is 0.815. The van der Waals surface area contributed by atoms with Crippen LogP contribution in [0.1, 0.15) is 13.3 Å². The highest BCUT2D eigenvalue weighted by molar-refractivity contribution is 5.53. The van der Waals surface area contributed by atoms with Crippen molar-refractivity contribution in [3.63, 3.8) is 0 Å². The molecule has 0 saturated heterocycles. The molecule has 0 unspecified atom stereocenters. The van der Waals surface area contributed by atoms with Gasteiger partial charge in [-0.3, -0.25) is 0 Å². The summed E-state index contributed by atoms with van der Waals surface area (Å²) in [4.78, 5) is 8.56. The van der Waals surface area contributed by atoms with Gasteiger partial charge in [-0.1, -0.05) is 13.0 Å². The van der Waals surface area contributed by atoms with E-state index in [9.17, 15) is 4.39 Å². The van der Waals surface area contributed by atoms with Crippen molar-refractivity contribution in [1.29, 1.82) is 0 Å². The van der Waals surface area contributed by atoms with Crippen LogP contribution >= 0.6 is 0 Å². The van der Waals surface area contributed by atoms with E-state index in [2.05, 4.69) is 0 Å². The molecule has 1 aromatic rings. The summed E-state index contributed by atoms with van der Waals surface area (Å²) in [7, 11) is 0. The number of carboxylic acid groups (broad SMARTS) is 2. The maximum atomic E-state index is 12.5. The summed E-state index contributed by atoms with van der Waals surface area (Å²) in [5.74, 6) is 0.352. The predicted molar refractivity (Wildman–Crippen MR) is 52.8 cm³/mol. The predicted octanol–water partition coefficient (Wildman–Crippen LogP) is 2.84. The van der Waals surface area contributed by atoms with E-state index in [4.69, 9.17) is 19.7 Å². The van der Waals surface area contributed by atoms with Crippen LogP contribution in [0.25, 0.3) is 0 Å². The highest BCUT2D eigenvalue weighted by Crippen LogP contribution is 2.11. The zero-order chi connectivity index (χ0) is 11.7. The molecule has 0 aliphatic carbocycles. The summed E-state index contributed by atoms with van der Waals surface area (Å²) in [5.41, 5.74) is 0. The first-order valence-corrected chi connectivity index (χ1v) is 4.36. The lowest BCUT2D eigenvalue weighted by Crippen LogP contribution is -1.94. The molecule has 5 heteroatoms. The first kappa shape index (κ1) is 13.2. The van der Waals surface area contributed by atoms with E-state index in [1.807, 2.05) is 6.92 Å². The maximum absolute atomic E-state index is 12.5. The second kappa shape index (κ2) is 7.61. The lowest BCUT2D eigenvalue weighted by Gasteiger charge is -2.02. The second-order valence-corrected chi connectivity index (χ2v) is 2.59. The number of carbonyl (C=O) groups is 1. The molecule has 0 aliphatic rings. The van der Waals surface area contributed by atoms with Crippen LogP contribution in [0.15, 0.2) is 24.3 Å². The normalized spacial score (nSPS) is 8.67. The topological polar surface area (TPSA) is 66.8 Å². The summed E-state index contributed by atoms with van der Waals surface area (Å²) >= 11 is 0. The molecule has 0 atom stereocenters.